The molecule has 0 heterocycles. The van der Waals surface area contributed by atoms with Gasteiger partial charge >= 0.3 is 0 Å². The zero-order chi connectivity index (χ0) is 27.3. The van der Waals surface area contributed by atoms with E-state index in [9.17, 15) is 0 Å². The number of hydrogen-bond acceptors (Lipinski definition) is 4. The summed E-state index contributed by atoms with van der Waals surface area (Å²) in [5.74, 6) is 1.57. The molecule has 0 saturated heterocycles. The topological polar surface area (TPSA) is 33.7 Å². The van der Waals surface area contributed by atoms with Gasteiger partial charge in [-0.15, -0.1) is 0 Å². The number of benzene rings is 3. The summed E-state index contributed by atoms with van der Waals surface area (Å²) in [5, 5.41) is 3.64. The smallest absolute Gasteiger partial charge is 0.162 e. The average Bonchev–Trinajstić information content (AvgIpc) is 2.98. The van der Waals surface area contributed by atoms with E-state index in [0.717, 1.165) is 42.3 Å². The summed E-state index contributed by atoms with van der Waals surface area (Å²) < 4.78 is 12.4. The van der Waals surface area contributed by atoms with Crippen molar-refractivity contribution in [1.82, 2.24) is 10.2 Å². The molecule has 0 unspecified atom stereocenters. The lowest BCUT2D eigenvalue weighted by Gasteiger charge is -2.22. The Labute approximate surface area is 233 Å². The molecule has 4 heteroatoms. The highest BCUT2D eigenvalue weighted by Gasteiger charge is 2.09. The Morgan fingerprint density at radius 1 is 0.632 bits per heavy atom. The molecule has 0 atom stereocenters. The molecule has 0 bridgehead atoms. The van der Waals surface area contributed by atoms with Gasteiger partial charge in [0.15, 0.2) is 11.5 Å². The Balaban J connectivity index is 0.00000248. The van der Waals surface area contributed by atoms with Crippen LogP contribution in [0.4, 0.5) is 0 Å². The standard InChI is InChI=1S/C32H44N2O2.C2H6.H2/c1-3-5-13-22-34(21-6-4-2)23-20-33-25-30-18-19-31(35-26-28-14-9-7-10-15-28)32(24-30)36-27-29-16-11-8-12-17-29;1-2;/h7-12,14-19,24,33H,3-6,13,20-23,25-27H2,1-2H3;1-2H3;1H. The molecule has 0 saturated carbocycles. The first-order chi connectivity index (χ1) is 18.8. The fourth-order valence-corrected chi connectivity index (χ4v) is 4.14. The summed E-state index contributed by atoms with van der Waals surface area (Å²) in [6.45, 7) is 14.9. The van der Waals surface area contributed by atoms with Crippen molar-refractivity contribution in [2.75, 3.05) is 26.2 Å². The minimum atomic E-state index is 0. The van der Waals surface area contributed by atoms with Crippen LogP contribution >= 0.6 is 0 Å². The third kappa shape index (κ3) is 12.6. The van der Waals surface area contributed by atoms with Gasteiger partial charge in [0.05, 0.1) is 0 Å². The van der Waals surface area contributed by atoms with Crippen LogP contribution in [0.2, 0.25) is 0 Å². The molecule has 0 aliphatic heterocycles. The Morgan fingerprint density at radius 3 is 1.82 bits per heavy atom. The predicted molar refractivity (Wildman–Crippen MR) is 164 cm³/mol. The largest absolute Gasteiger partial charge is 0.485 e. The van der Waals surface area contributed by atoms with Crippen LogP contribution in [0.3, 0.4) is 0 Å². The predicted octanol–water partition coefficient (Wildman–Crippen LogP) is 8.50. The van der Waals surface area contributed by atoms with E-state index in [2.05, 4.69) is 60.5 Å². The highest BCUT2D eigenvalue weighted by Crippen LogP contribution is 2.30. The summed E-state index contributed by atoms with van der Waals surface area (Å²) in [6.07, 6.45) is 6.42. The molecule has 0 aliphatic rings. The van der Waals surface area contributed by atoms with Crippen LogP contribution in [0.1, 0.15) is 77.9 Å². The fraction of sp³-hybridized carbons (Fsp3) is 0.471. The highest BCUT2D eigenvalue weighted by atomic mass is 16.5. The molecule has 210 valence electrons. The molecule has 0 spiro atoms. The zero-order valence-corrected chi connectivity index (χ0v) is 24.3. The lowest BCUT2D eigenvalue weighted by Crippen LogP contribution is -2.33. The summed E-state index contributed by atoms with van der Waals surface area (Å²) in [6, 6.07) is 26.8. The van der Waals surface area contributed by atoms with Crippen LogP contribution in [0.15, 0.2) is 78.9 Å². The quantitative estimate of drug-likeness (QED) is 0.170. The molecule has 0 radical (unpaired) electrons. The van der Waals surface area contributed by atoms with Crippen LogP contribution in [0.25, 0.3) is 0 Å². The second kappa shape index (κ2) is 20.2. The first kappa shape index (κ1) is 31.4. The maximum absolute atomic E-state index is 6.24. The Hall–Kier alpha value is -2.82. The molecule has 38 heavy (non-hydrogen) atoms. The van der Waals surface area contributed by atoms with E-state index in [1.807, 2.05) is 56.3 Å². The van der Waals surface area contributed by atoms with Gasteiger partial charge in [0, 0.05) is 21.1 Å². The van der Waals surface area contributed by atoms with Crippen LogP contribution < -0.4 is 14.8 Å². The van der Waals surface area contributed by atoms with Gasteiger partial charge in [-0.25, -0.2) is 0 Å². The first-order valence-electron chi connectivity index (χ1n) is 14.7. The van der Waals surface area contributed by atoms with Crippen molar-refractivity contribution >= 4 is 0 Å². The van der Waals surface area contributed by atoms with Gasteiger partial charge < -0.3 is 19.7 Å². The van der Waals surface area contributed by atoms with E-state index in [4.69, 9.17) is 9.47 Å². The van der Waals surface area contributed by atoms with Gasteiger partial charge in [0.25, 0.3) is 0 Å². The van der Waals surface area contributed by atoms with E-state index in [1.165, 1.54) is 50.8 Å². The summed E-state index contributed by atoms with van der Waals surface area (Å²) in [4.78, 5) is 2.61. The van der Waals surface area contributed by atoms with Crippen molar-refractivity contribution in [3.05, 3.63) is 95.6 Å². The molecule has 4 nitrogen and oxygen atoms in total. The number of unbranched alkanes of at least 4 members (excludes halogenated alkanes) is 3. The Morgan fingerprint density at radius 2 is 1.21 bits per heavy atom. The van der Waals surface area contributed by atoms with E-state index in [-0.39, 0.29) is 1.43 Å². The number of nitrogens with zero attached hydrogens (tertiary/aromatic N) is 1. The van der Waals surface area contributed by atoms with Crippen molar-refractivity contribution in [3.63, 3.8) is 0 Å². The normalized spacial score (nSPS) is 10.7. The van der Waals surface area contributed by atoms with Crippen LogP contribution in [-0.2, 0) is 19.8 Å². The third-order valence-corrected chi connectivity index (χ3v) is 6.32. The molecule has 3 aromatic carbocycles. The molecule has 0 aromatic heterocycles. The van der Waals surface area contributed by atoms with Crippen molar-refractivity contribution in [2.45, 2.75) is 79.6 Å². The van der Waals surface area contributed by atoms with Crippen molar-refractivity contribution in [2.24, 2.45) is 0 Å². The number of nitrogens with one attached hydrogen (secondary N) is 1. The van der Waals surface area contributed by atoms with Crippen LogP contribution in [0.5, 0.6) is 11.5 Å². The van der Waals surface area contributed by atoms with Crippen LogP contribution in [0, 0.1) is 0 Å². The lowest BCUT2D eigenvalue weighted by atomic mass is 10.2. The minimum absolute atomic E-state index is 0. The van der Waals surface area contributed by atoms with Gasteiger partial charge in [-0.1, -0.05) is 114 Å². The van der Waals surface area contributed by atoms with Gasteiger partial charge in [-0.3, -0.25) is 0 Å². The van der Waals surface area contributed by atoms with Crippen molar-refractivity contribution in [3.8, 4) is 11.5 Å². The second-order valence-electron chi connectivity index (χ2n) is 9.41. The number of rotatable bonds is 18. The Bertz CT molecular complexity index is 969. The molecular weight excluding hydrogens is 468 g/mol. The van der Waals surface area contributed by atoms with Crippen molar-refractivity contribution in [1.29, 1.82) is 0 Å². The molecular formula is C34H52N2O2. The highest BCUT2D eigenvalue weighted by molar-refractivity contribution is 5.43. The van der Waals surface area contributed by atoms with Gasteiger partial charge in [0.2, 0.25) is 0 Å². The van der Waals surface area contributed by atoms with E-state index in [1.54, 1.807) is 0 Å². The summed E-state index contributed by atoms with van der Waals surface area (Å²) in [5.41, 5.74) is 3.49. The molecule has 3 aromatic rings. The number of ether oxygens (including phenoxy) is 2. The van der Waals surface area contributed by atoms with Gasteiger partial charge in [-0.2, -0.15) is 0 Å². The van der Waals surface area contributed by atoms with E-state index >= 15 is 0 Å². The molecule has 0 fully saturated rings. The molecule has 0 aliphatic carbocycles. The van der Waals surface area contributed by atoms with E-state index in [0.29, 0.717) is 13.2 Å². The van der Waals surface area contributed by atoms with Crippen molar-refractivity contribution < 1.29 is 10.9 Å². The van der Waals surface area contributed by atoms with Gasteiger partial charge in [-0.05, 0) is 54.8 Å². The maximum atomic E-state index is 6.24. The molecule has 1 N–H and O–H groups in total. The first-order valence-corrected chi connectivity index (χ1v) is 14.7. The van der Waals surface area contributed by atoms with Crippen LogP contribution in [-0.4, -0.2) is 31.1 Å². The Kier molecular flexibility index (Phi) is 16.7. The SMILES string of the molecule is CC.CCCCCN(CCCC)CCNCc1ccc(OCc2ccccc2)c(OCc2ccccc2)c1.[HH]. The lowest BCUT2D eigenvalue weighted by molar-refractivity contribution is 0.255. The zero-order valence-electron chi connectivity index (χ0n) is 24.3. The fourth-order valence-electron chi connectivity index (χ4n) is 4.14. The summed E-state index contributed by atoms with van der Waals surface area (Å²) >= 11 is 0. The summed E-state index contributed by atoms with van der Waals surface area (Å²) in [7, 11) is 0. The monoisotopic (exact) mass is 520 g/mol. The number of hydrogen-bond donors (Lipinski definition) is 1. The second-order valence-corrected chi connectivity index (χ2v) is 9.41. The van der Waals surface area contributed by atoms with E-state index < -0.39 is 0 Å². The molecule has 3 rings (SSSR count). The minimum Gasteiger partial charge on any atom is -0.485 e. The average molecular weight is 521 g/mol. The van der Waals surface area contributed by atoms with Gasteiger partial charge in [0.1, 0.15) is 13.2 Å². The third-order valence-electron chi connectivity index (χ3n) is 6.32. The maximum Gasteiger partial charge on any atom is 0.162 e. The molecule has 0 amide bonds.